The minimum Gasteiger partial charge on any atom is -0.493 e. The number of rotatable bonds is 9. The van der Waals surface area contributed by atoms with Crippen LogP contribution in [0.1, 0.15) is 46.8 Å². The van der Waals surface area contributed by atoms with Crippen molar-refractivity contribution in [3.05, 3.63) is 70.6 Å². The standard InChI is InChI=1S/C25H29N3O6/c1-15(2)33-22-11-8-19(13-23(22)31-5)25(30)27-26-24(29)12-18-6-9-20(10-7-18)32-14-21-16(3)28-34-17(21)4/h6-11,13,15H,12,14H2,1-5H3,(H,26,29)(H,27,30). The van der Waals surface area contributed by atoms with Gasteiger partial charge in [-0.05, 0) is 63.6 Å². The van der Waals surface area contributed by atoms with E-state index in [9.17, 15) is 9.59 Å². The van der Waals surface area contributed by atoms with Crippen molar-refractivity contribution in [2.75, 3.05) is 7.11 Å². The van der Waals surface area contributed by atoms with Crippen molar-refractivity contribution in [2.24, 2.45) is 0 Å². The number of hydrazine groups is 1. The molecule has 2 amide bonds. The van der Waals surface area contributed by atoms with Gasteiger partial charge in [0.15, 0.2) is 11.5 Å². The monoisotopic (exact) mass is 467 g/mol. The van der Waals surface area contributed by atoms with Gasteiger partial charge in [0.2, 0.25) is 5.91 Å². The van der Waals surface area contributed by atoms with Crippen LogP contribution in [0, 0.1) is 13.8 Å². The summed E-state index contributed by atoms with van der Waals surface area (Å²) in [6.45, 7) is 7.85. The fourth-order valence-corrected chi connectivity index (χ4v) is 3.16. The van der Waals surface area contributed by atoms with E-state index in [2.05, 4.69) is 16.0 Å². The molecule has 1 aromatic heterocycles. The van der Waals surface area contributed by atoms with Crippen molar-refractivity contribution in [1.82, 2.24) is 16.0 Å². The summed E-state index contributed by atoms with van der Waals surface area (Å²) in [4.78, 5) is 24.7. The molecule has 0 fully saturated rings. The maximum absolute atomic E-state index is 12.4. The highest BCUT2D eigenvalue weighted by Crippen LogP contribution is 2.29. The third-order valence-corrected chi connectivity index (χ3v) is 4.96. The number of benzene rings is 2. The average molecular weight is 468 g/mol. The quantitative estimate of drug-likeness (QED) is 0.462. The smallest absolute Gasteiger partial charge is 0.269 e. The first kappa shape index (κ1) is 24.6. The van der Waals surface area contributed by atoms with E-state index in [1.54, 1.807) is 42.5 Å². The van der Waals surface area contributed by atoms with Crippen molar-refractivity contribution in [3.63, 3.8) is 0 Å². The van der Waals surface area contributed by atoms with Gasteiger partial charge in [0, 0.05) is 5.56 Å². The lowest BCUT2D eigenvalue weighted by Crippen LogP contribution is -2.42. The number of carbonyl (C=O) groups excluding carboxylic acids is 2. The lowest BCUT2D eigenvalue weighted by Gasteiger charge is -2.14. The van der Waals surface area contributed by atoms with Crippen LogP contribution in [0.25, 0.3) is 0 Å². The molecule has 9 nitrogen and oxygen atoms in total. The van der Waals surface area contributed by atoms with Gasteiger partial charge in [-0.2, -0.15) is 0 Å². The van der Waals surface area contributed by atoms with E-state index in [0.717, 1.165) is 22.6 Å². The molecule has 1 heterocycles. The Labute approximate surface area is 198 Å². The number of amides is 2. The third kappa shape index (κ3) is 6.50. The predicted octanol–water partition coefficient (Wildman–Crippen LogP) is 3.67. The van der Waals surface area contributed by atoms with Crippen molar-refractivity contribution < 1.29 is 28.3 Å². The second kappa shape index (κ2) is 11.2. The number of hydrogen-bond donors (Lipinski definition) is 2. The Morgan fingerprint density at radius 1 is 1.03 bits per heavy atom. The van der Waals surface area contributed by atoms with Gasteiger partial charge in [0.1, 0.15) is 18.1 Å². The lowest BCUT2D eigenvalue weighted by molar-refractivity contribution is -0.121. The van der Waals surface area contributed by atoms with Crippen LogP contribution in [0.4, 0.5) is 0 Å². The molecule has 2 aromatic carbocycles. The van der Waals surface area contributed by atoms with Crippen LogP contribution in [0.2, 0.25) is 0 Å². The molecule has 0 aliphatic rings. The maximum Gasteiger partial charge on any atom is 0.269 e. The van der Waals surface area contributed by atoms with Gasteiger partial charge in [-0.25, -0.2) is 0 Å². The number of nitrogens with zero attached hydrogens (tertiary/aromatic N) is 1. The van der Waals surface area contributed by atoms with Crippen LogP contribution in [-0.2, 0) is 17.8 Å². The van der Waals surface area contributed by atoms with Crippen LogP contribution in [0.3, 0.4) is 0 Å². The molecular formula is C25H29N3O6. The van der Waals surface area contributed by atoms with E-state index in [1.807, 2.05) is 27.7 Å². The van der Waals surface area contributed by atoms with Gasteiger partial charge in [-0.15, -0.1) is 0 Å². The Morgan fingerprint density at radius 3 is 2.38 bits per heavy atom. The third-order valence-electron chi connectivity index (χ3n) is 4.96. The number of methoxy groups -OCH3 is 1. The second-order valence-electron chi connectivity index (χ2n) is 7.95. The van der Waals surface area contributed by atoms with E-state index in [0.29, 0.717) is 29.4 Å². The number of aryl methyl sites for hydroxylation is 2. The highest BCUT2D eigenvalue weighted by molar-refractivity contribution is 5.96. The molecule has 180 valence electrons. The number of nitrogens with one attached hydrogen (secondary N) is 2. The number of aromatic nitrogens is 1. The van der Waals surface area contributed by atoms with E-state index < -0.39 is 5.91 Å². The molecule has 0 spiro atoms. The van der Waals surface area contributed by atoms with Crippen LogP contribution in [0.15, 0.2) is 47.0 Å². The van der Waals surface area contributed by atoms with Gasteiger partial charge in [-0.3, -0.25) is 20.4 Å². The van der Waals surface area contributed by atoms with Crippen molar-refractivity contribution in [3.8, 4) is 17.2 Å². The zero-order valence-corrected chi connectivity index (χ0v) is 19.9. The van der Waals surface area contributed by atoms with Crippen molar-refractivity contribution >= 4 is 11.8 Å². The zero-order valence-electron chi connectivity index (χ0n) is 19.9. The minimum absolute atomic E-state index is 0.0318. The van der Waals surface area contributed by atoms with E-state index in [-0.39, 0.29) is 18.4 Å². The molecule has 0 atom stereocenters. The Morgan fingerprint density at radius 2 is 1.76 bits per heavy atom. The fourth-order valence-electron chi connectivity index (χ4n) is 3.16. The van der Waals surface area contributed by atoms with Gasteiger partial charge >= 0.3 is 0 Å². The summed E-state index contributed by atoms with van der Waals surface area (Å²) in [5, 5.41) is 3.91. The Balaban J connectivity index is 1.49. The van der Waals surface area contributed by atoms with E-state index >= 15 is 0 Å². The summed E-state index contributed by atoms with van der Waals surface area (Å²) in [6.07, 6.45) is 0.0604. The van der Waals surface area contributed by atoms with Gasteiger partial charge in [0.25, 0.3) is 5.91 Å². The first-order chi connectivity index (χ1) is 16.3. The zero-order chi connectivity index (χ0) is 24.7. The molecule has 0 radical (unpaired) electrons. The van der Waals surface area contributed by atoms with Gasteiger partial charge < -0.3 is 18.7 Å². The molecule has 9 heteroatoms. The summed E-state index contributed by atoms with van der Waals surface area (Å²) in [6, 6.07) is 12.0. The van der Waals surface area contributed by atoms with Crippen LogP contribution >= 0.6 is 0 Å². The minimum atomic E-state index is -0.467. The Bertz CT molecular complexity index is 1120. The summed E-state index contributed by atoms with van der Waals surface area (Å²) in [7, 11) is 1.50. The van der Waals surface area contributed by atoms with Crippen molar-refractivity contribution in [1.29, 1.82) is 0 Å². The SMILES string of the molecule is COc1cc(C(=O)NNC(=O)Cc2ccc(OCc3c(C)noc3C)cc2)ccc1OC(C)C. The summed E-state index contributed by atoms with van der Waals surface area (Å²) in [5.41, 5.74) is 7.65. The highest BCUT2D eigenvalue weighted by atomic mass is 16.5. The first-order valence-electron chi connectivity index (χ1n) is 10.8. The molecule has 2 N–H and O–H groups in total. The molecule has 0 aliphatic heterocycles. The first-order valence-corrected chi connectivity index (χ1v) is 10.8. The Hall–Kier alpha value is -4.01. The Kier molecular flexibility index (Phi) is 8.13. The summed E-state index contributed by atoms with van der Waals surface area (Å²) >= 11 is 0. The molecule has 0 unspecified atom stereocenters. The van der Waals surface area contributed by atoms with E-state index in [4.69, 9.17) is 18.7 Å². The lowest BCUT2D eigenvalue weighted by atomic mass is 10.1. The molecule has 0 saturated heterocycles. The largest absolute Gasteiger partial charge is 0.493 e. The second-order valence-corrected chi connectivity index (χ2v) is 7.95. The molecule has 0 bridgehead atoms. The topological polar surface area (TPSA) is 112 Å². The van der Waals surface area contributed by atoms with Gasteiger partial charge in [0.05, 0.1) is 30.9 Å². The summed E-state index contributed by atoms with van der Waals surface area (Å²) < 4.78 is 21.8. The molecule has 0 aliphatic carbocycles. The molecule has 3 rings (SSSR count). The molecule has 0 saturated carbocycles. The van der Waals surface area contributed by atoms with Gasteiger partial charge in [-0.1, -0.05) is 17.3 Å². The van der Waals surface area contributed by atoms with Crippen LogP contribution < -0.4 is 25.1 Å². The van der Waals surface area contributed by atoms with Crippen molar-refractivity contribution in [2.45, 2.75) is 46.8 Å². The summed E-state index contributed by atoms with van der Waals surface area (Å²) in [5.74, 6) is 1.54. The van der Waals surface area contributed by atoms with Crippen LogP contribution in [-0.4, -0.2) is 30.2 Å². The maximum atomic E-state index is 12.4. The molecular weight excluding hydrogens is 438 g/mol. The highest BCUT2D eigenvalue weighted by Gasteiger charge is 2.14. The molecule has 3 aromatic rings. The van der Waals surface area contributed by atoms with E-state index in [1.165, 1.54) is 7.11 Å². The van der Waals surface area contributed by atoms with Crippen LogP contribution in [0.5, 0.6) is 17.2 Å². The number of carbonyl (C=O) groups is 2. The predicted molar refractivity (Wildman–Crippen MR) is 125 cm³/mol. The number of ether oxygens (including phenoxy) is 3. The fraction of sp³-hybridized carbons (Fsp3) is 0.320. The average Bonchev–Trinajstić information content (AvgIpc) is 3.14. The molecule has 34 heavy (non-hydrogen) atoms. The normalized spacial score (nSPS) is 10.6. The number of hydrogen-bond acceptors (Lipinski definition) is 7.